The van der Waals surface area contributed by atoms with E-state index in [-0.39, 0.29) is 8.41 Å². The lowest BCUT2D eigenvalue weighted by Crippen LogP contribution is -1.79. The van der Waals surface area contributed by atoms with Crippen LogP contribution in [0.1, 0.15) is 0 Å². The SMILES string of the molecule is B.c1ccc2c(c1)ccc1ncccc12. The molecule has 0 aliphatic rings. The number of hydrogen-bond acceptors (Lipinski definition) is 1. The maximum Gasteiger partial charge on any atom is 0.0814 e. The van der Waals surface area contributed by atoms with Gasteiger partial charge < -0.3 is 0 Å². The van der Waals surface area contributed by atoms with Gasteiger partial charge in [-0.25, -0.2) is 0 Å². The quantitative estimate of drug-likeness (QED) is 0.394. The Morgan fingerprint density at radius 1 is 0.733 bits per heavy atom. The van der Waals surface area contributed by atoms with Crippen molar-refractivity contribution in [3.63, 3.8) is 0 Å². The number of aromatic nitrogens is 1. The van der Waals surface area contributed by atoms with Crippen LogP contribution in [0.4, 0.5) is 0 Å². The highest BCUT2D eigenvalue weighted by Crippen LogP contribution is 2.22. The zero-order valence-corrected chi connectivity index (χ0v) is 7.64. The lowest BCUT2D eigenvalue weighted by molar-refractivity contribution is 1.42. The van der Waals surface area contributed by atoms with Crippen LogP contribution in [0.25, 0.3) is 21.7 Å². The van der Waals surface area contributed by atoms with Gasteiger partial charge in [0.1, 0.15) is 0 Å². The average Bonchev–Trinajstić information content (AvgIpc) is 2.29. The van der Waals surface area contributed by atoms with Crippen molar-refractivity contribution in [2.24, 2.45) is 0 Å². The van der Waals surface area contributed by atoms with Crippen molar-refractivity contribution in [2.75, 3.05) is 0 Å². The van der Waals surface area contributed by atoms with Gasteiger partial charge in [-0.15, -0.1) is 0 Å². The Labute approximate surface area is 90.3 Å². The Morgan fingerprint density at radius 3 is 2.47 bits per heavy atom. The van der Waals surface area contributed by atoms with Crippen LogP contribution in [0.3, 0.4) is 0 Å². The van der Waals surface area contributed by atoms with Gasteiger partial charge in [-0.1, -0.05) is 36.4 Å². The molecule has 0 saturated carbocycles. The summed E-state index contributed by atoms with van der Waals surface area (Å²) in [4.78, 5) is 4.33. The molecule has 0 amide bonds. The van der Waals surface area contributed by atoms with Crippen LogP contribution in [-0.2, 0) is 0 Å². The van der Waals surface area contributed by atoms with Gasteiger partial charge in [0.15, 0.2) is 0 Å². The summed E-state index contributed by atoms with van der Waals surface area (Å²) in [7, 11) is 0. The minimum absolute atomic E-state index is 0. The Balaban J connectivity index is 0.000000853. The molecule has 3 rings (SSSR count). The number of pyridine rings is 1. The highest BCUT2D eigenvalue weighted by atomic mass is 14.6. The predicted molar refractivity (Wildman–Crippen MR) is 69.2 cm³/mol. The van der Waals surface area contributed by atoms with Crippen LogP contribution in [0.2, 0.25) is 0 Å². The van der Waals surface area contributed by atoms with Crippen molar-refractivity contribution in [2.45, 2.75) is 0 Å². The topological polar surface area (TPSA) is 12.9 Å². The molecule has 0 aliphatic carbocycles. The summed E-state index contributed by atoms with van der Waals surface area (Å²) in [5.41, 5.74) is 1.06. The van der Waals surface area contributed by atoms with Crippen molar-refractivity contribution in [1.29, 1.82) is 0 Å². The molecule has 0 spiro atoms. The summed E-state index contributed by atoms with van der Waals surface area (Å²) in [5.74, 6) is 0. The van der Waals surface area contributed by atoms with Gasteiger partial charge in [0.2, 0.25) is 0 Å². The Morgan fingerprint density at radius 2 is 1.53 bits per heavy atom. The van der Waals surface area contributed by atoms with Crippen LogP contribution < -0.4 is 0 Å². The third-order valence-corrected chi connectivity index (χ3v) is 2.51. The maximum atomic E-state index is 4.33. The zero-order chi connectivity index (χ0) is 9.38. The molecule has 72 valence electrons. The fourth-order valence-electron chi connectivity index (χ4n) is 1.83. The van der Waals surface area contributed by atoms with Gasteiger partial charge >= 0.3 is 0 Å². The first kappa shape index (κ1) is 9.72. The monoisotopic (exact) mass is 193 g/mol. The lowest BCUT2D eigenvalue weighted by atomic mass is 10.1. The standard InChI is InChI=1S/C13H9N.BH3/c1-2-5-11-10(4-1)7-8-13-12(11)6-3-9-14-13;/h1-9H;1H3. The van der Waals surface area contributed by atoms with E-state index >= 15 is 0 Å². The van der Waals surface area contributed by atoms with Gasteiger partial charge in [-0.3, -0.25) is 4.98 Å². The lowest BCUT2D eigenvalue weighted by Gasteiger charge is -2.01. The summed E-state index contributed by atoms with van der Waals surface area (Å²) in [6.45, 7) is 0. The molecule has 3 aromatic rings. The van der Waals surface area contributed by atoms with E-state index in [1.807, 2.05) is 12.3 Å². The van der Waals surface area contributed by atoms with Gasteiger partial charge in [-0.2, -0.15) is 0 Å². The number of benzene rings is 2. The van der Waals surface area contributed by atoms with E-state index in [0.717, 1.165) is 5.52 Å². The number of hydrogen-bond donors (Lipinski definition) is 0. The maximum absolute atomic E-state index is 4.33. The molecular weight excluding hydrogens is 181 g/mol. The molecule has 1 nitrogen and oxygen atoms in total. The smallest absolute Gasteiger partial charge is 0.0814 e. The number of nitrogens with zero attached hydrogens (tertiary/aromatic N) is 1. The molecule has 15 heavy (non-hydrogen) atoms. The highest BCUT2D eigenvalue weighted by Gasteiger charge is 1.98. The number of rotatable bonds is 0. The second kappa shape index (κ2) is 3.74. The van der Waals surface area contributed by atoms with Crippen molar-refractivity contribution in [3.8, 4) is 0 Å². The number of fused-ring (bicyclic) bond motifs is 3. The van der Waals surface area contributed by atoms with Crippen LogP contribution in [0, 0.1) is 0 Å². The van der Waals surface area contributed by atoms with E-state index in [1.54, 1.807) is 0 Å². The van der Waals surface area contributed by atoms with E-state index < -0.39 is 0 Å². The molecule has 2 aromatic carbocycles. The normalized spacial score (nSPS) is 10.1. The van der Waals surface area contributed by atoms with Crippen LogP contribution in [-0.4, -0.2) is 13.4 Å². The van der Waals surface area contributed by atoms with E-state index in [9.17, 15) is 0 Å². The van der Waals surface area contributed by atoms with Crippen LogP contribution in [0.5, 0.6) is 0 Å². The second-order valence-electron chi connectivity index (χ2n) is 3.36. The van der Waals surface area contributed by atoms with Gasteiger partial charge in [0, 0.05) is 11.6 Å². The fourth-order valence-corrected chi connectivity index (χ4v) is 1.83. The van der Waals surface area contributed by atoms with Crippen LogP contribution in [0.15, 0.2) is 54.7 Å². The summed E-state index contributed by atoms with van der Waals surface area (Å²) in [5, 5.41) is 3.77. The Bertz CT molecular complexity index is 550. The van der Waals surface area contributed by atoms with Crippen molar-refractivity contribution in [3.05, 3.63) is 54.7 Å². The van der Waals surface area contributed by atoms with Gasteiger partial charge in [-0.05, 0) is 22.9 Å². The minimum atomic E-state index is 0. The molecule has 0 aliphatic heterocycles. The van der Waals surface area contributed by atoms with Crippen molar-refractivity contribution >= 4 is 30.1 Å². The molecule has 0 unspecified atom stereocenters. The van der Waals surface area contributed by atoms with E-state index in [0.29, 0.717) is 0 Å². The largest absolute Gasteiger partial charge is 0.256 e. The third-order valence-electron chi connectivity index (χ3n) is 2.51. The molecule has 0 saturated heterocycles. The summed E-state index contributed by atoms with van der Waals surface area (Å²) in [6.07, 6.45) is 1.83. The molecule has 1 heterocycles. The molecule has 1 aromatic heterocycles. The van der Waals surface area contributed by atoms with E-state index in [4.69, 9.17) is 0 Å². The Hall–Kier alpha value is -1.83. The molecule has 0 atom stereocenters. The first-order valence-corrected chi connectivity index (χ1v) is 4.68. The molecule has 0 bridgehead atoms. The van der Waals surface area contributed by atoms with E-state index in [2.05, 4.69) is 47.4 Å². The van der Waals surface area contributed by atoms with Gasteiger partial charge in [0.05, 0.1) is 13.9 Å². The average molecular weight is 193 g/mol. The molecule has 0 radical (unpaired) electrons. The van der Waals surface area contributed by atoms with Crippen LogP contribution >= 0.6 is 0 Å². The Kier molecular flexibility index (Phi) is 2.42. The molecule has 0 fully saturated rings. The zero-order valence-electron chi connectivity index (χ0n) is 7.64. The second-order valence-corrected chi connectivity index (χ2v) is 3.36. The first-order valence-electron chi connectivity index (χ1n) is 4.68. The predicted octanol–water partition coefficient (Wildman–Crippen LogP) is 2.20. The van der Waals surface area contributed by atoms with Crippen molar-refractivity contribution in [1.82, 2.24) is 4.98 Å². The van der Waals surface area contributed by atoms with Gasteiger partial charge in [0.25, 0.3) is 0 Å². The molecule has 2 heteroatoms. The highest BCUT2D eigenvalue weighted by molar-refractivity contribution is 6.05. The summed E-state index contributed by atoms with van der Waals surface area (Å²) < 4.78 is 0. The molecular formula is C13H12BN. The van der Waals surface area contributed by atoms with E-state index in [1.165, 1.54) is 16.2 Å². The molecule has 0 N–H and O–H groups in total. The van der Waals surface area contributed by atoms with Crippen molar-refractivity contribution < 1.29 is 0 Å². The fraction of sp³-hybridized carbons (Fsp3) is 0. The summed E-state index contributed by atoms with van der Waals surface area (Å²) in [6, 6.07) is 16.7. The minimum Gasteiger partial charge on any atom is -0.256 e. The summed E-state index contributed by atoms with van der Waals surface area (Å²) >= 11 is 0. The first-order chi connectivity index (χ1) is 6.95. The third kappa shape index (κ3) is 1.48.